The molecule has 3 aromatic rings. The average Bonchev–Trinajstić information content (AvgIpc) is 3.06. The number of anilines is 2. The van der Waals surface area contributed by atoms with Crippen molar-refractivity contribution in [3.8, 4) is 5.75 Å². The molecule has 0 bridgehead atoms. The summed E-state index contributed by atoms with van der Waals surface area (Å²) >= 11 is 6.22. The fraction of sp³-hybridized carbons (Fsp3) is 0.208. The molecule has 0 unspecified atom stereocenters. The average molecular weight is 516 g/mol. The molecular weight excluding hydrogens is 494 g/mol. The zero-order chi connectivity index (χ0) is 25.7. The number of nitrogens with one attached hydrogen (secondary N) is 1. The highest BCUT2D eigenvalue weighted by molar-refractivity contribution is 7.92. The van der Waals surface area contributed by atoms with Gasteiger partial charge in [0.05, 0.1) is 33.8 Å². The van der Waals surface area contributed by atoms with E-state index in [4.69, 9.17) is 16.3 Å². The Balaban J connectivity index is 1.75. The van der Waals surface area contributed by atoms with Gasteiger partial charge in [-0.25, -0.2) is 13.3 Å². The first kappa shape index (κ1) is 24.5. The number of nitrogens with zero attached hydrogens (tertiary/aromatic N) is 2. The van der Waals surface area contributed by atoms with Gasteiger partial charge in [-0.1, -0.05) is 44.5 Å². The number of hydrogen-bond donors (Lipinski definition) is 1. The highest BCUT2D eigenvalue weighted by Crippen LogP contribution is 2.38. The molecule has 4 rings (SSSR count). The van der Waals surface area contributed by atoms with E-state index in [-0.39, 0.29) is 43.6 Å². The minimum atomic E-state index is -4.10. The van der Waals surface area contributed by atoms with Crippen LogP contribution >= 0.6 is 11.6 Å². The summed E-state index contributed by atoms with van der Waals surface area (Å²) in [6.45, 7) is 6.03. The summed E-state index contributed by atoms with van der Waals surface area (Å²) in [6, 6.07) is 10.4. The standard InChI is InChI=1S/C24H22ClN3O6S/c1-24(2,3)14-5-7-17(8-6-14)35(32,33)26-19-10-9-18(25)20-21(19)23(30)28(22(20)29)15-11-16(34-4)13-27(31)12-15/h5-13,26H,1-4H3. The molecule has 1 aliphatic rings. The fourth-order valence-electron chi connectivity index (χ4n) is 3.73. The Bertz CT molecular complexity index is 1460. The lowest BCUT2D eigenvalue weighted by Crippen LogP contribution is -2.33. The Morgan fingerprint density at radius 3 is 2.23 bits per heavy atom. The number of sulfonamides is 1. The van der Waals surface area contributed by atoms with Gasteiger partial charge in [-0.05, 0) is 35.2 Å². The molecule has 0 saturated heterocycles. The van der Waals surface area contributed by atoms with Crippen molar-refractivity contribution in [3.05, 3.63) is 81.8 Å². The zero-order valence-electron chi connectivity index (χ0n) is 19.3. The Morgan fingerprint density at radius 1 is 1.00 bits per heavy atom. The molecule has 11 heteroatoms. The lowest BCUT2D eigenvalue weighted by molar-refractivity contribution is -0.605. The molecule has 2 aromatic carbocycles. The monoisotopic (exact) mass is 515 g/mol. The summed E-state index contributed by atoms with van der Waals surface area (Å²) in [5.74, 6) is -1.50. The van der Waals surface area contributed by atoms with Gasteiger partial charge >= 0.3 is 0 Å². The molecule has 0 saturated carbocycles. The molecule has 35 heavy (non-hydrogen) atoms. The lowest BCUT2D eigenvalue weighted by atomic mass is 9.87. The summed E-state index contributed by atoms with van der Waals surface area (Å²) in [5, 5.41) is 11.9. The number of benzene rings is 2. The Hall–Kier alpha value is -3.63. The number of amides is 2. The topological polar surface area (TPSA) is 120 Å². The molecule has 1 aromatic heterocycles. The molecule has 0 spiro atoms. The number of ether oxygens (including phenoxy) is 1. The summed E-state index contributed by atoms with van der Waals surface area (Å²) in [6.07, 6.45) is 2.15. The maximum atomic E-state index is 13.3. The molecule has 2 amide bonds. The number of rotatable bonds is 5. The van der Waals surface area contributed by atoms with Gasteiger partial charge < -0.3 is 9.94 Å². The molecule has 0 aliphatic carbocycles. The maximum absolute atomic E-state index is 13.3. The van der Waals surface area contributed by atoms with Crippen LogP contribution in [0.2, 0.25) is 5.02 Å². The van der Waals surface area contributed by atoms with E-state index < -0.39 is 21.8 Å². The van der Waals surface area contributed by atoms with Gasteiger partial charge in [0.2, 0.25) is 12.4 Å². The van der Waals surface area contributed by atoms with Crippen LogP contribution in [-0.2, 0) is 15.4 Å². The largest absolute Gasteiger partial charge is 0.619 e. The predicted molar refractivity (Wildman–Crippen MR) is 130 cm³/mol. The van der Waals surface area contributed by atoms with Gasteiger partial charge in [-0.15, -0.1) is 0 Å². The van der Waals surface area contributed by atoms with Gasteiger partial charge in [0.1, 0.15) is 5.69 Å². The molecular formula is C24H22ClN3O6S. The molecule has 0 fully saturated rings. The SMILES string of the molecule is COc1cc(N2C(=O)c3c(Cl)ccc(NS(=O)(=O)c4ccc(C(C)(C)C)cc4)c3C2=O)c[n+]([O-])c1. The van der Waals surface area contributed by atoms with Crippen LogP contribution in [0.1, 0.15) is 47.1 Å². The normalized spacial score (nSPS) is 13.7. The summed E-state index contributed by atoms with van der Waals surface area (Å²) in [4.78, 5) is 27.2. The Labute approximate surface area is 207 Å². The van der Waals surface area contributed by atoms with Crippen molar-refractivity contribution in [2.75, 3.05) is 16.7 Å². The van der Waals surface area contributed by atoms with Crippen molar-refractivity contribution >= 4 is 44.8 Å². The van der Waals surface area contributed by atoms with Crippen LogP contribution in [0.5, 0.6) is 5.75 Å². The van der Waals surface area contributed by atoms with Gasteiger partial charge in [-0.2, -0.15) is 4.73 Å². The van der Waals surface area contributed by atoms with Crippen molar-refractivity contribution in [2.45, 2.75) is 31.1 Å². The van der Waals surface area contributed by atoms with Crippen LogP contribution in [0.25, 0.3) is 0 Å². The van der Waals surface area contributed by atoms with E-state index in [1.807, 2.05) is 20.8 Å². The van der Waals surface area contributed by atoms with Crippen LogP contribution in [0.3, 0.4) is 0 Å². The first-order valence-electron chi connectivity index (χ1n) is 10.5. The quantitative estimate of drug-likeness (QED) is 0.313. The molecule has 2 heterocycles. The molecule has 0 radical (unpaired) electrons. The Kier molecular flexibility index (Phi) is 5.98. The van der Waals surface area contributed by atoms with E-state index in [9.17, 15) is 23.2 Å². The number of carbonyl (C=O) groups is 2. The summed E-state index contributed by atoms with van der Waals surface area (Å²) in [7, 11) is -2.77. The molecule has 1 N–H and O–H groups in total. The van der Waals surface area contributed by atoms with Gasteiger partial charge in [0, 0.05) is 6.07 Å². The van der Waals surface area contributed by atoms with Crippen LogP contribution < -0.4 is 19.1 Å². The minimum Gasteiger partial charge on any atom is -0.619 e. The van der Waals surface area contributed by atoms with Crippen molar-refractivity contribution in [1.29, 1.82) is 0 Å². The lowest BCUT2D eigenvalue weighted by Gasteiger charge is -2.19. The number of aromatic nitrogens is 1. The maximum Gasteiger partial charge on any atom is 0.268 e. The van der Waals surface area contributed by atoms with Crippen molar-refractivity contribution < 1.29 is 27.5 Å². The van der Waals surface area contributed by atoms with Gasteiger partial charge in [-0.3, -0.25) is 14.3 Å². The van der Waals surface area contributed by atoms with E-state index in [0.717, 1.165) is 22.9 Å². The van der Waals surface area contributed by atoms with E-state index in [2.05, 4.69) is 4.72 Å². The van der Waals surface area contributed by atoms with Crippen molar-refractivity contribution in [1.82, 2.24) is 0 Å². The molecule has 1 aliphatic heterocycles. The van der Waals surface area contributed by atoms with E-state index in [1.165, 1.54) is 37.4 Å². The molecule has 182 valence electrons. The highest BCUT2D eigenvalue weighted by Gasteiger charge is 2.42. The van der Waals surface area contributed by atoms with Crippen molar-refractivity contribution in [3.63, 3.8) is 0 Å². The third kappa shape index (κ3) is 4.42. The van der Waals surface area contributed by atoms with Crippen LogP contribution in [0.4, 0.5) is 11.4 Å². The van der Waals surface area contributed by atoms with Crippen LogP contribution in [0.15, 0.2) is 59.8 Å². The number of hydrogen-bond acceptors (Lipinski definition) is 6. The number of carbonyl (C=O) groups excluding carboxylic acids is 2. The number of imide groups is 1. The molecule has 9 nitrogen and oxygen atoms in total. The minimum absolute atomic E-state index is 0.0111. The van der Waals surface area contributed by atoms with Gasteiger partial charge in [0.25, 0.3) is 21.8 Å². The third-order valence-electron chi connectivity index (χ3n) is 5.56. The number of fused-ring (bicyclic) bond motifs is 1. The number of halogens is 1. The summed E-state index contributed by atoms with van der Waals surface area (Å²) < 4.78 is 34.0. The first-order valence-corrected chi connectivity index (χ1v) is 12.3. The van der Waals surface area contributed by atoms with Crippen LogP contribution in [-0.4, -0.2) is 27.3 Å². The van der Waals surface area contributed by atoms with Crippen LogP contribution in [0, 0.1) is 5.21 Å². The first-order chi connectivity index (χ1) is 16.3. The van der Waals surface area contributed by atoms with E-state index >= 15 is 0 Å². The van der Waals surface area contributed by atoms with E-state index in [1.54, 1.807) is 12.1 Å². The second-order valence-corrected chi connectivity index (χ2v) is 11.1. The van der Waals surface area contributed by atoms with Crippen molar-refractivity contribution in [2.24, 2.45) is 0 Å². The number of methoxy groups -OCH3 is 1. The van der Waals surface area contributed by atoms with E-state index in [0.29, 0.717) is 4.73 Å². The highest BCUT2D eigenvalue weighted by atomic mass is 35.5. The summed E-state index contributed by atoms with van der Waals surface area (Å²) in [5.41, 5.74) is 0.258. The third-order valence-corrected chi connectivity index (χ3v) is 7.26. The second kappa shape index (κ2) is 8.54. The smallest absolute Gasteiger partial charge is 0.268 e. The fourth-order valence-corrected chi connectivity index (χ4v) is 5.04. The second-order valence-electron chi connectivity index (χ2n) is 8.96. The predicted octanol–water partition coefficient (Wildman–Crippen LogP) is 3.88. The Morgan fingerprint density at radius 2 is 1.63 bits per heavy atom. The molecule has 0 atom stereocenters. The zero-order valence-corrected chi connectivity index (χ0v) is 20.9. The number of pyridine rings is 1. The van der Waals surface area contributed by atoms with Gasteiger partial charge in [0.15, 0.2) is 5.75 Å².